The van der Waals surface area contributed by atoms with Crippen LogP contribution in [-0.4, -0.2) is 13.1 Å². The van der Waals surface area contributed by atoms with Gasteiger partial charge in [0.1, 0.15) is 0 Å². The van der Waals surface area contributed by atoms with Crippen LogP contribution in [0.1, 0.15) is 55.6 Å². The van der Waals surface area contributed by atoms with Crippen LogP contribution in [0.2, 0.25) is 0 Å². The lowest BCUT2D eigenvalue weighted by Crippen LogP contribution is -2.26. The summed E-state index contributed by atoms with van der Waals surface area (Å²) in [4.78, 5) is 0. The molecule has 0 amide bonds. The van der Waals surface area contributed by atoms with Crippen molar-refractivity contribution in [2.24, 2.45) is 5.92 Å². The van der Waals surface area contributed by atoms with Gasteiger partial charge in [-0.05, 0) is 55.3 Å². The maximum atomic E-state index is 3.44. The maximum absolute atomic E-state index is 3.44. The van der Waals surface area contributed by atoms with Crippen molar-refractivity contribution < 1.29 is 0 Å². The van der Waals surface area contributed by atoms with Crippen molar-refractivity contribution in [3.8, 4) is 0 Å². The predicted molar refractivity (Wildman–Crippen MR) is 76.9 cm³/mol. The van der Waals surface area contributed by atoms with Crippen LogP contribution in [0, 0.1) is 5.92 Å². The number of hydrogen-bond donors (Lipinski definition) is 1. The highest BCUT2D eigenvalue weighted by atomic mass is 14.9. The second kappa shape index (κ2) is 5.88. The Bertz CT molecular complexity index is 356. The summed E-state index contributed by atoms with van der Waals surface area (Å²) in [7, 11) is 0. The molecule has 0 aromatic heterocycles. The summed E-state index contributed by atoms with van der Waals surface area (Å²) in [6.45, 7) is 2.38. The quantitative estimate of drug-likeness (QED) is 0.849. The van der Waals surface area contributed by atoms with Crippen LogP contribution in [0.15, 0.2) is 24.3 Å². The molecule has 98 valence electrons. The van der Waals surface area contributed by atoms with Crippen LogP contribution >= 0.6 is 0 Å². The van der Waals surface area contributed by atoms with Crippen LogP contribution in [0.3, 0.4) is 0 Å². The van der Waals surface area contributed by atoms with Crippen LogP contribution in [0.5, 0.6) is 0 Å². The third-order valence-corrected chi connectivity index (χ3v) is 4.79. The van der Waals surface area contributed by atoms with Crippen molar-refractivity contribution in [1.29, 1.82) is 0 Å². The molecule has 2 fully saturated rings. The van der Waals surface area contributed by atoms with Crippen LogP contribution in [0.4, 0.5) is 0 Å². The van der Waals surface area contributed by atoms with Crippen molar-refractivity contribution in [3.05, 3.63) is 35.4 Å². The summed E-state index contributed by atoms with van der Waals surface area (Å²) >= 11 is 0. The van der Waals surface area contributed by atoms with Gasteiger partial charge in [-0.15, -0.1) is 0 Å². The minimum Gasteiger partial charge on any atom is -0.317 e. The van der Waals surface area contributed by atoms with E-state index in [9.17, 15) is 0 Å². The van der Waals surface area contributed by atoms with E-state index in [4.69, 9.17) is 0 Å². The molecule has 1 nitrogen and oxygen atoms in total. The first-order valence-corrected chi connectivity index (χ1v) is 7.71. The van der Waals surface area contributed by atoms with E-state index in [2.05, 4.69) is 29.6 Å². The maximum Gasteiger partial charge on any atom is -0.00431 e. The van der Waals surface area contributed by atoms with Gasteiger partial charge in [-0.3, -0.25) is 0 Å². The molecule has 1 saturated carbocycles. The largest absolute Gasteiger partial charge is 0.317 e. The molecule has 1 heteroatoms. The summed E-state index contributed by atoms with van der Waals surface area (Å²) in [5, 5.41) is 3.44. The van der Waals surface area contributed by atoms with E-state index in [1.165, 1.54) is 58.0 Å². The Hall–Kier alpha value is -0.820. The van der Waals surface area contributed by atoms with Crippen molar-refractivity contribution in [3.63, 3.8) is 0 Å². The summed E-state index contributed by atoms with van der Waals surface area (Å²) in [5.41, 5.74) is 3.12. The molecule has 1 heterocycles. The molecule has 0 unspecified atom stereocenters. The summed E-state index contributed by atoms with van der Waals surface area (Å²) in [5.74, 6) is 1.77. The second-order valence-electron chi connectivity index (χ2n) is 6.12. The minimum atomic E-state index is 0.798. The van der Waals surface area contributed by atoms with Crippen molar-refractivity contribution in [2.75, 3.05) is 13.1 Å². The van der Waals surface area contributed by atoms with E-state index in [1.54, 1.807) is 11.1 Å². The molecular weight excluding hydrogens is 218 g/mol. The van der Waals surface area contributed by atoms with Gasteiger partial charge in [0.05, 0.1) is 0 Å². The standard InChI is InChI=1S/C17H25N/c1-2-4-14(3-1)13-15-5-7-16(8-6-15)17-9-11-18-12-10-17/h5-8,14,17-18H,1-4,9-13H2. The first-order valence-electron chi connectivity index (χ1n) is 7.71. The fourth-order valence-corrected chi connectivity index (χ4v) is 3.63. The highest BCUT2D eigenvalue weighted by Gasteiger charge is 2.17. The van der Waals surface area contributed by atoms with Crippen LogP contribution in [-0.2, 0) is 6.42 Å². The smallest absolute Gasteiger partial charge is 0.00431 e. The number of hydrogen-bond acceptors (Lipinski definition) is 1. The lowest BCUT2D eigenvalue weighted by molar-refractivity contribution is 0.460. The Morgan fingerprint density at radius 3 is 2.22 bits per heavy atom. The van der Waals surface area contributed by atoms with Gasteiger partial charge in [-0.1, -0.05) is 49.9 Å². The first kappa shape index (κ1) is 12.2. The SMILES string of the molecule is c1cc(C2CCNCC2)ccc1CC1CCCC1. The van der Waals surface area contributed by atoms with E-state index in [0.29, 0.717) is 0 Å². The van der Waals surface area contributed by atoms with Gasteiger partial charge in [0.2, 0.25) is 0 Å². The monoisotopic (exact) mass is 243 g/mol. The predicted octanol–water partition coefficient (Wildman–Crippen LogP) is 3.89. The van der Waals surface area contributed by atoms with Crippen LogP contribution in [0.25, 0.3) is 0 Å². The molecular formula is C17H25N. The van der Waals surface area contributed by atoms with Gasteiger partial charge in [0.25, 0.3) is 0 Å². The van der Waals surface area contributed by atoms with Gasteiger partial charge in [-0.2, -0.15) is 0 Å². The fraction of sp³-hybridized carbons (Fsp3) is 0.647. The van der Waals surface area contributed by atoms with E-state index in [-0.39, 0.29) is 0 Å². The molecule has 0 bridgehead atoms. The van der Waals surface area contributed by atoms with Gasteiger partial charge in [0.15, 0.2) is 0 Å². The summed E-state index contributed by atoms with van der Waals surface area (Å²) < 4.78 is 0. The molecule has 1 saturated heterocycles. The number of nitrogens with one attached hydrogen (secondary N) is 1. The summed E-state index contributed by atoms with van der Waals surface area (Å²) in [6, 6.07) is 9.55. The Labute approximate surface area is 111 Å². The Kier molecular flexibility index (Phi) is 3.99. The molecule has 1 aromatic carbocycles. The molecule has 0 radical (unpaired) electrons. The normalized spacial score (nSPS) is 22.4. The van der Waals surface area contributed by atoms with E-state index in [0.717, 1.165) is 11.8 Å². The molecule has 0 spiro atoms. The number of benzene rings is 1. The topological polar surface area (TPSA) is 12.0 Å². The zero-order valence-corrected chi connectivity index (χ0v) is 11.3. The minimum absolute atomic E-state index is 0.798. The van der Waals surface area contributed by atoms with E-state index >= 15 is 0 Å². The molecule has 1 aliphatic heterocycles. The zero-order valence-electron chi connectivity index (χ0n) is 11.3. The zero-order chi connectivity index (χ0) is 12.2. The number of rotatable bonds is 3. The third kappa shape index (κ3) is 2.95. The highest BCUT2D eigenvalue weighted by Crippen LogP contribution is 2.29. The fourth-order valence-electron chi connectivity index (χ4n) is 3.63. The molecule has 2 aliphatic rings. The third-order valence-electron chi connectivity index (χ3n) is 4.79. The van der Waals surface area contributed by atoms with E-state index in [1.807, 2.05) is 0 Å². The average Bonchev–Trinajstić information content (AvgIpc) is 2.94. The Morgan fingerprint density at radius 2 is 1.56 bits per heavy atom. The van der Waals surface area contributed by atoms with Gasteiger partial charge >= 0.3 is 0 Å². The average molecular weight is 243 g/mol. The molecule has 3 rings (SSSR count). The first-order chi connectivity index (χ1) is 8.92. The Balaban J connectivity index is 1.60. The van der Waals surface area contributed by atoms with Crippen molar-refractivity contribution >= 4 is 0 Å². The lowest BCUT2D eigenvalue weighted by Gasteiger charge is -2.23. The van der Waals surface area contributed by atoms with E-state index < -0.39 is 0 Å². The Morgan fingerprint density at radius 1 is 0.889 bits per heavy atom. The van der Waals surface area contributed by atoms with Gasteiger partial charge in [-0.25, -0.2) is 0 Å². The van der Waals surface area contributed by atoms with Gasteiger partial charge < -0.3 is 5.32 Å². The highest BCUT2D eigenvalue weighted by molar-refractivity contribution is 5.26. The second-order valence-corrected chi connectivity index (χ2v) is 6.12. The summed E-state index contributed by atoms with van der Waals surface area (Å²) in [6.07, 6.45) is 9.75. The van der Waals surface area contributed by atoms with Crippen LogP contribution < -0.4 is 5.32 Å². The lowest BCUT2D eigenvalue weighted by atomic mass is 9.89. The molecule has 1 N–H and O–H groups in total. The molecule has 1 aliphatic carbocycles. The van der Waals surface area contributed by atoms with Crippen molar-refractivity contribution in [2.45, 2.75) is 50.9 Å². The van der Waals surface area contributed by atoms with Crippen molar-refractivity contribution in [1.82, 2.24) is 5.32 Å². The number of piperidine rings is 1. The van der Waals surface area contributed by atoms with Gasteiger partial charge in [0, 0.05) is 0 Å². The molecule has 0 atom stereocenters. The molecule has 1 aromatic rings. The molecule has 18 heavy (non-hydrogen) atoms.